The van der Waals surface area contributed by atoms with Crippen LogP contribution in [0.4, 0.5) is 5.13 Å². The summed E-state index contributed by atoms with van der Waals surface area (Å²) in [5.41, 5.74) is 7.38. The van der Waals surface area contributed by atoms with Gasteiger partial charge in [-0.05, 0) is 67.6 Å². The Balaban J connectivity index is 1.38. The van der Waals surface area contributed by atoms with E-state index < -0.39 is 0 Å². The first-order valence-electron chi connectivity index (χ1n) is 11.6. The average molecular weight is 520 g/mol. The van der Waals surface area contributed by atoms with Crippen molar-refractivity contribution in [3.05, 3.63) is 76.7 Å². The highest BCUT2D eigenvalue weighted by Crippen LogP contribution is 2.29. The third-order valence-corrected chi connectivity index (χ3v) is 7.43. The number of thiazole rings is 1. The minimum Gasteiger partial charge on any atom is -0.343 e. The number of aromatic nitrogens is 3. The highest BCUT2D eigenvalue weighted by Gasteiger charge is 2.17. The SMILES string of the molecule is Cc1cc(-c2cccc(-c3csc(NC(=O)CNC(=O)c4cn(SC(C)C)c(C)c4C)n3)c2)ccn1. The topological polar surface area (TPSA) is 88.9 Å². The molecule has 0 atom stereocenters. The molecule has 2 N–H and O–H groups in total. The van der Waals surface area contributed by atoms with Crippen molar-refractivity contribution in [2.75, 3.05) is 11.9 Å². The molecule has 0 saturated carbocycles. The number of hydrogen-bond donors (Lipinski definition) is 2. The minimum atomic E-state index is -0.323. The number of nitrogens with one attached hydrogen (secondary N) is 2. The Kier molecular flexibility index (Phi) is 7.91. The second kappa shape index (κ2) is 11.1. The molecule has 0 aliphatic carbocycles. The molecule has 0 bridgehead atoms. The number of aryl methyl sites for hydroxylation is 1. The van der Waals surface area contributed by atoms with Crippen LogP contribution in [0, 0.1) is 20.8 Å². The fraction of sp³-hybridized carbons (Fsp3) is 0.259. The maximum Gasteiger partial charge on any atom is 0.253 e. The zero-order valence-electron chi connectivity index (χ0n) is 21.0. The molecule has 7 nitrogen and oxygen atoms in total. The van der Waals surface area contributed by atoms with Crippen LogP contribution in [0.2, 0.25) is 0 Å². The number of carbonyl (C=O) groups excluding carboxylic acids is 2. The molecule has 4 rings (SSSR count). The second-order valence-corrected chi connectivity index (χ2v) is 11.2. The summed E-state index contributed by atoms with van der Waals surface area (Å²) in [5.74, 6) is -0.590. The van der Waals surface area contributed by atoms with Gasteiger partial charge in [-0.3, -0.25) is 18.5 Å². The fourth-order valence-electron chi connectivity index (χ4n) is 3.70. The van der Waals surface area contributed by atoms with Gasteiger partial charge in [0.25, 0.3) is 5.91 Å². The zero-order chi connectivity index (χ0) is 25.8. The summed E-state index contributed by atoms with van der Waals surface area (Å²) in [6, 6.07) is 12.1. The molecule has 0 aliphatic rings. The molecular formula is C27H29N5O2S2. The van der Waals surface area contributed by atoms with Crippen LogP contribution in [-0.4, -0.2) is 37.5 Å². The Labute approximate surface area is 219 Å². The van der Waals surface area contributed by atoms with Crippen LogP contribution in [0.25, 0.3) is 22.4 Å². The summed E-state index contributed by atoms with van der Waals surface area (Å²) in [7, 11) is 0. The number of amides is 2. The molecule has 0 radical (unpaired) electrons. The Morgan fingerprint density at radius 3 is 2.58 bits per heavy atom. The molecule has 0 spiro atoms. The van der Waals surface area contributed by atoms with Gasteiger partial charge in [-0.15, -0.1) is 11.3 Å². The van der Waals surface area contributed by atoms with E-state index in [1.807, 2.05) is 60.6 Å². The van der Waals surface area contributed by atoms with Crippen LogP contribution in [0.5, 0.6) is 0 Å². The summed E-state index contributed by atoms with van der Waals surface area (Å²) in [4.78, 5) is 34.0. The maximum absolute atomic E-state index is 12.7. The Morgan fingerprint density at radius 2 is 1.83 bits per heavy atom. The van der Waals surface area contributed by atoms with E-state index in [4.69, 9.17) is 0 Å². The first kappa shape index (κ1) is 25.7. The standard InChI is InChI=1S/C27H29N5O2S2/c1-16(2)36-32-14-23(18(4)19(32)5)26(34)29-13-25(33)31-27-30-24(15-35-27)22-8-6-7-20(12-22)21-9-10-28-17(3)11-21/h6-12,14-16H,13H2,1-5H3,(H,29,34)(H,30,31,33). The maximum atomic E-state index is 12.7. The van der Waals surface area contributed by atoms with Crippen LogP contribution in [0.1, 0.15) is 41.2 Å². The van der Waals surface area contributed by atoms with Crippen LogP contribution in [0.3, 0.4) is 0 Å². The lowest BCUT2D eigenvalue weighted by molar-refractivity contribution is -0.115. The van der Waals surface area contributed by atoms with Gasteiger partial charge >= 0.3 is 0 Å². The Hall–Kier alpha value is -3.43. The average Bonchev–Trinajstić information content (AvgIpc) is 3.42. The first-order chi connectivity index (χ1) is 17.2. The van der Waals surface area contributed by atoms with Gasteiger partial charge in [0.15, 0.2) is 5.13 Å². The highest BCUT2D eigenvalue weighted by atomic mass is 32.2. The molecule has 0 fully saturated rings. The van der Waals surface area contributed by atoms with E-state index in [-0.39, 0.29) is 18.4 Å². The molecule has 0 unspecified atom stereocenters. The molecule has 9 heteroatoms. The number of pyridine rings is 1. The minimum absolute atomic E-state index is 0.133. The lowest BCUT2D eigenvalue weighted by Crippen LogP contribution is -2.33. The fourth-order valence-corrected chi connectivity index (χ4v) is 5.35. The third-order valence-electron chi connectivity index (χ3n) is 5.64. The van der Waals surface area contributed by atoms with E-state index in [1.54, 1.807) is 18.1 Å². The second-order valence-electron chi connectivity index (χ2n) is 8.77. The number of rotatable bonds is 8. The summed E-state index contributed by atoms with van der Waals surface area (Å²) in [5, 5.41) is 8.29. The van der Waals surface area contributed by atoms with E-state index in [0.717, 1.165) is 39.3 Å². The molecule has 4 aromatic rings. The molecular weight excluding hydrogens is 490 g/mol. The van der Waals surface area contributed by atoms with E-state index in [1.165, 1.54) is 11.3 Å². The van der Waals surface area contributed by atoms with Crippen molar-refractivity contribution < 1.29 is 9.59 Å². The predicted octanol–water partition coefficient (Wildman–Crippen LogP) is 5.87. The smallest absolute Gasteiger partial charge is 0.253 e. The lowest BCUT2D eigenvalue weighted by atomic mass is 10.0. The lowest BCUT2D eigenvalue weighted by Gasteiger charge is -2.07. The van der Waals surface area contributed by atoms with Gasteiger partial charge in [-0.1, -0.05) is 32.0 Å². The van der Waals surface area contributed by atoms with Crippen LogP contribution < -0.4 is 10.6 Å². The van der Waals surface area contributed by atoms with Crippen molar-refractivity contribution in [3.8, 4) is 22.4 Å². The summed E-state index contributed by atoms with van der Waals surface area (Å²) in [6.07, 6.45) is 3.63. The van der Waals surface area contributed by atoms with Gasteiger partial charge in [-0.25, -0.2) is 4.98 Å². The van der Waals surface area contributed by atoms with Gasteiger partial charge < -0.3 is 10.6 Å². The van der Waals surface area contributed by atoms with Crippen molar-refractivity contribution in [1.29, 1.82) is 0 Å². The van der Waals surface area contributed by atoms with Gasteiger partial charge in [-0.2, -0.15) is 0 Å². The quantitative estimate of drug-likeness (QED) is 0.304. The van der Waals surface area contributed by atoms with E-state index in [9.17, 15) is 9.59 Å². The van der Waals surface area contributed by atoms with Gasteiger partial charge in [0, 0.05) is 40.0 Å². The van der Waals surface area contributed by atoms with Crippen LogP contribution in [-0.2, 0) is 4.79 Å². The number of nitrogens with zero attached hydrogens (tertiary/aromatic N) is 3. The Bertz CT molecular complexity index is 1410. The highest BCUT2D eigenvalue weighted by molar-refractivity contribution is 7.98. The van der Waals surface area contributed by atoms with E-state index >= 15 is 0 Å². The van der Waals surface area contributed by atoms with Crippen molar-refractivity contribution >= 4 is 40.2 Å². The first-order valence-corrected chi connectivity index (χ1v) is 13.4. The largest absolute Gasteiger partial charge is 0.343 e. The van der Waals surface area contributed by atoms with E-state index in [0.29, 0.717) is 15.9 Å². The third kappa shape index (κ3) is 6.03. The number of carbonyl (C=O) groups is 2. The van der Waals surface area contributed by atoms with Gasteiger partial charge in [0.05, 0.1) is 17.8 Å². The normalized spacial score (nSPS) is 11.1. The molecule has 0 aliphatic heterocycles. The molecule has 3 heterocycles. The molecule has 0 saturated heterocycles. The molecule has 2 amide bonds. The molecule has 186 valence electrons. The summed E-state index contributed by atoms with van der Waals surface area (Å²) in [6.45, 7) is 9.95. The predicted molar refractivity (Wildman–Crippen MR) is 149 cm³/mol. The summed E-state index contributed by atoms with van der Waals surface area (Å²) < 4.78 is 2.01. The summed E-state index contributed by atoms with van der Waals surface area (Å²) >= 11 is 3.00. The van der Waals surface area contributed by atoms with Gasteiger partial charge in [0.2, 0.25) is 5.91 Å². The van der Waals surface area contributed by atoms with Crippen LogP contribution in [0.15, 0.2) is 54.2 Å². The van der Waals surface area contributed by atoms with Crippen molar-refractivity contribution in [3.63, 3.8) is 0 Å². The van der Waals surface area contributed by atoms with Crippen molar-refractivity contribution in [2.45, 2.75) is 39.9 Å². The molecule has 3 aromatic heterocycles. The monoisotopic (exact) mass is 519 g/mol. The Morgan fingerprint density at radius 1 is 1.08 bits per heavy atom. The van der Waals surface area contributed by atoms with Gasteiger partial charge in [0.1, 0.15) is 0 Å². The van der Waals surface area contributed by atoms with E-state index in [2.05, 4.69) is 46.6 Å². The molecule has 36 heavy (non-hydrogen) atoms. The van der Waals surface area contributed by atoms with Crippen LogP contribution >= 0.6 is 23.3 Å². The zero-order valence-corrected chi connectivity index (χ0v) is 22.6. The molecule has 1 aromatic carbocycles. The number of anilines is 1. The number of hydrogen-bond acceptors (Lipinski definition) is 6. The van der Waals surface area contributed by atoms with Crippen molar-refractivity contribution in [2.24, 2.45) is 0 Å². The van der Waals surface area contributed by atoms with Crippen molar-refractivity contribution in [1.82, 2.24) is 19.3 Å². The number of benzene rings is 1.